The Labute approximate surface area is 287 Å². The summed E-state index contributed by atoms with van der Waals surface area (Å²) in [6.45, 7) is 8.39. The Morgan fingerprint density at radius 3 is 2.41 bits per heavy atom. The number of rotatable bonds is 10. The monoisotopic (exact) mass is 710 g/mol. The van der Waals surface area contributed by atoms with Crippen LogP contribution in [0.1, 0.15) is 40.2 Å². The van der Waals surface area contributed by atoms with E-state index < -0.39 is 56.0 Å². The lowest BCUT2D eigenvalue weighted by Crippen LogP contribution is -2.57. The summed E-state index contributed by atoms with van der Waals surface area (Å²) < 4.78 is 40.6. The van der Waals surface area contributed by atoms with Gasteiger partial charge in [0.25, 0.3) is 0 Å². The van der Waals surface area contributed by atoms with E-state index in [9.17, 15) is 27.6 Å². The van der Waals surface area contributed by atoms with Crippen molar-refractivity contribution in [3.05, 3.63) is 83.2 Å². The molecule has 1 fully saturated rings. The van der Waals surface area contributed by atoms with Crippen molar-refractivity contribution >= 4 is 50.8 Å². The topological polar surface area (TPSA) is 172 Å². The number of esters is 2. The lowest BCUT2D eigenvalue weighted by molar-refractivity contribution is -0.158. The Morgan fingerprint density at radius 1 is 1.08 bits per heavy atom. The predicted octanol–water partition coefficient (Wildman–Crippen LogP) is 2.67. The van der Waals surface area contributed by atoms with Gasteiger partial charge in [-0.15, -0.1) is 11.8 Å². The Morgan fingerprint density at radius 2 is 1.78 bits per heavy atom. The Hall–Kier alpha value is -4.54. The second-order valence-electron chi connectivity index (χ2n) is 13.0. The maximum atomic E-state index is 14.0. The van der Waals surface area contributed by atoms with E-state index in [1.54, 1.807) is 71.0 Å². The number of carbonyl (C=O) groups is 3. The number of hydrogen-bond donors (Lipinski definition) is 1. The van der Waals surface area contributed by atoms with Gasteiger partial charge in [-0.1, -0.05) is 12.1 Å². The molecule has 4 aromatic rings. The van der Waals surface area contributed by atoms with Gasteiger partial charge in [-0.25, -0.2) is 27.6 Å². The first-order valence-corrected chi connectivity index (χ1v) is 17.8. The molecule has 5 rings (SSSR count). The molecule has 3 aromatic heterocycles. The van der Waals surface area contributed by atoms with Crippen molar-refractivity contribution in [2.45, 2.75) is 74.9 Å². The van der Waals surface area contributed by atoms with E-state index in [0.717, 1.165) is 4.31 Å². The number of fused-ring (bicyclic) bond motifs is 1. The van der Waals surface area contributed by atoms with Crippen LogP contribution in [0.15, 0.2) is 76.8 Å². The molecule has 1 amide bonds. The summed E-state index contributed by atoms with van der Waals surface area (Å²) in [6.07, 6.45) is 4.24. The van der Waals surface area contributed by atoms with Gasteiger partial charge < -0.3 is 14.8 Å². The molecule has 1 N–H and O–H groups in total. The van der Waals surface area contributed by atoms with Crippen LogP contribution in [0.2, 0.25) is 0 Å². The van der Waals surface area contributed by atoms with Crippen molar-refractivity contribution in [1.82, 2.24) is 28.7 Å². The number of nitrogens with zero attached hydrogens (tertiary/aromatic N) is 5. The molecule has 1 aliphatic rings. The van der Waals surface area contributed by atoms with Gasteiger partial charge in [-0.05, 0) is 76.6 Å². The number of benzene rings is 1. The molecule has 14 nitrogen and oxygen atoms in total. The van der Waals surface area contributed by atoms with Crippen molar-refractivity contribution in [3.8, 4) is 5.69 Å². The van der Waals surface area contributed by atoms with Crippen molar-refractivity contribution in [2.24, 2.45) is 0 Å². The lowest BCUT2D eigenvalue weighted by atomic mass is 10.0. The largest absolute Gasteiger partial charge is 0.468 e. The van der Waals surface area contributed by atoms with Gasteiger partial charge >= 0.3 is 17.6 Å². The number of imidazole rings is 1. The second-order valence-corrected chi connectivity index (χ2v) is 16.4. The zero-order chi connectivity index (χ0) is 35.7. The highest BCUT2D eigenvalue weighted by Gasteiger charge is 2.51. The fourth-order valence-electron chi connectivity index (χ4n) is 5.52. The average Bonchev–Trinajstić information content (AvgIpc) is 3.53. The quantitative estimate of drug-likeness (QED) is 0.240. The molecule has 0 radical (unpaired) electrons. The van der Waals surface area contributed by atoms with E-state index in [1.807, 2.05) is 0 Å². The molecule has 49 heavy (non-hydrogen) atoms. The molecule has 1 aromatic carbocycles. The molecule has 2 atom stereocenters. The summed E-state index contributed by atoms with van der Waals surface area (Å²) in [5, 5.41) is 2.78. The van der Waals surface area contributed by atoms with Crippen LogP contribution >= 0.6 is 11.8 Å². The first-order valence-electron chi connectivity index (χ1n) is 15.3. The molecule has 0 bridgehead atoms. The third-order valence-corrected chi connectivity index (χ3v) is 11.2. The minimum absolute atomic E-state index is 0.00777. The van der Waals surface area contributed by atoms with Gasteiger partial charge in [-0.3, -0.25) is 19.1 Å². The molecular formula is C33H38N6O8S2. The zero-order valence-electron chi connectivity index (χ0n) is 27.9. The fourth-order valence-corrected chi connectivity index (χ4v) is 8.65. The number of aromatic nitrogens is 4. The highest BCUT2D eigenvalue weighted by Crippen LogP contribution is 2.42. The van der Waals surface area contributed by atoms with Gasteiger partial charge in [-0.2, -0.15) is 4.31 Å². The average molecular weight is 711 g/mol. The van der Waals surface area contributed by atoms with Crippen LogP contribution in [0.4, 0.5) is 0 Å². The summed E-state index contributed by atoms with van der Waals surface area (Å²) in [4.78, 5) is 61.2. The first-order chi connectivity index (χ1) is 23.0. The van der Waals surface area contributed by atoms with E-state index in [-0.39, 0.29) is 23.7 Å². The molecule has 1 unspecified atom stereocenters. The van der Waals surface area contributed by atoms with Crippen LogP contribution in [-0.4, -0.2) is 85.1 Å². The lowest BCUT2D eigenvalue weighted by Gasteiger charge is -2.32. The number of thioether (sulfide) groups is 1. The van der Waals surface area contributed by atoms with Gasteiger partial charge in [0.15, 0.2) is 5.65 Å². The summed E-state index contributed by atoms with van der Waals surface area (Å²) in [6, 6.07) is 10.7. The van der Waals surface area contributed by atoms with Gasteiger partial charge in [0.2, 0.25) is 15.9 Å². The zero-order valence-corrected chi connectivity index (χ0v) is 29.6. The molecule has 0 aliphatic carbocycles. The maximum Gasteiger partial charge on any atom is 0.335 e. The second kappa shape index (κ2) is 13.8. The van der Waals surface area contributed by atoms with E-state index in [4.69, 9.17) is 9.47 Å². The molecule has 0 spiro atoms. The number of carbonyl (C=O) groups excluding carboxylic acids is 3. The summed E-state index contributed by atoms with van der Waals surface area (Å²) in [5.74, 6) is -1.90. The Balaban J connectivity index is 1.44. The molecular weight excluding hydrogens is 673 g/mol. The van der Waals surface area contributed by atoms with Crippen molar-refractivity contribution in [3.63, 3.8) is 0 Å². The molecule has 260 valence electrons. The van der Waals surface area contributed by atoms with Crippen LogP contribution in [0.5, 0.6) is 0 Å². The van der Waals surface area contributed by atoms with E-state index in [0.29, 0.717) is 22.4 Å². The number of hydrogen-bond acceptors (Lipinski definition) is 11. The van der Waals surface area contributed by atoms with Crippen molar-refractivity contribution in [2.75, 3.05) is 13.0 Å². The Kier molecular flexibility index (Phi) is 10.0. The highest BCUT2D eigenvalue weighted by molar-refractivity contribution is 8.02. The van der Waals surface area contributed by atoms with E-state index in [2.05, 4.69) is 15.3 Å². The smallest absolute Gasteiger partial charge is 0.335 e. The van der Waals surface area contributed by atoms with Crippen LogP contribution < -0.4 is 11.0 Å². The van der Waals surface area contributed by atoms with Crippen LogP contribution in [0.25, 0.3) is 16.9 Å². The number of sulfonamides is 1. The van der Waals surface area contributed by atoms with Crippen molar-refractivity contribution in [1.29, 1.82) is 0 Å². The molecule has 4 heterocycles. The van der Waals surface area contributed by atoms with Gasteiger partial charge in [0.1, 0.15) is 29.1 Å². The third-order valence-electron chi connectivity index (χ3n) is 7.85. The molecule has 16 heteroatoms. The molecule has 1 saturated heterocycles. The highest BCUT2D eigenvalue weighted by atomic mass is 32.2. The van der Waals surface area contributed by atoms with Crippen molar-refractivity contribution < 1.29 is 32.3 Å². The van der Waals surface area contributed by atoms with Gasteiger partial charge in [0, 0.05) is 29.8 Å². The van der Waals surface area contributed by atoms with Gasteiger partial charge in [0.05, 0.1) is 24.2 Å². The SMILES string of the molecule is COC(=O)Cn1c(=O)n(-c2ccc(CC(NC(=O)[C@H]3N(S(=O)(=O)c4cccnc4)CSC3(C)C)C(=O)OC(C)(C)C)cc2)c2ncccc21. The minimum atomic E-state index is -4.09. The number of ether oxygens (including phenoxy) is 2. The summed E-state index contributed by atoms with van der Waals surface area (Å²) >= 11 is 1.31. The standard InChI is InChI=1S/C33H38N6O8S2/c1-32(2,3)47-30(42)24(36-29(41)27-33(4,5)48-20-38(27)49(44,45)23-9-7-15-34-18-23)17-21-11-13-22(14-12-21)39-28-25(10-8-16-35-28)37(31(39)43)19-26(40)46-6/h7-16,18,24,27H,17,19-20H2,1-6H3,(H,36,41)/t24?,27-/m1/s1. The summed E-state index contributed by atoms with van der Waals surface area (Å²) in [7, 11) is -2.85. The number of nitrogens with one attached hydrogen (secondary N) is 1. The number of amides is 1. The molecule has 1 aliphatic heterocycles. The fraction of sp³-hybridized carbons (Fsp3) is 0.394. The molecule has 0 saturated carbocycles. The normalized spacial score (nSPS) is 17.1. The maximum absolute atomic E-state index is 14.0. The Bertz CT molecular complexity index is 2040. The van der Waals surface area contributed by atoms with Crippen LogP contribution in [0, 0.1) is 0 Å². The third kappa shape index (κ3) is 7.55. The van der Waals surface area contributed by atoms with E-state index >= 15 is 0 Å². The number of methoxy groups -OCH3 is 1. The number of pyridine rings is 2. The van der Waals surface area contributed by atoms with E-state index in [1.165, 1.54) is 58.7 Å². The summed E-state index contributed by atoms with van der Waals surface area (Å²) in [5.41, 5.74) is 0.509. The van der Waals surface area contributed by atoms with Crippen LogP contribution in [-0.2, 0) is 46.8 Å². The minimum Gasteiger partial charge on any atom is -0.468 e. The first kappa shape index (κ1) is 35.8. The van der Waals surface area contributed by atoms with Crippen LogP contribution in [0.3, 0.4) is 0 Å². The predicted molar refractivity (Wildman–Crippen MR) is 182 cm³/mol.